The number of benzene rings is 1. The first-order valence-electron chi connectivity index (χ1n) is 3.65. The third-order valence-corrected chi connectivity index (χ3v) is 1.55. The molecule has 0 radical (unpaired) electrons. The molecule has 13 heavy (non-hydrogen) atoms. The summed E-state index contributed by atoms with van der Waals surface area (Å²) in [5.41, 5.74) is 0.295. The number of nitrogens with one attached hydrogen (secondary N) is 1. The first kappa shape index (κ1) is 9.38. The Kier molecular flexibility index (Phi) is 2.74. The second-order valence-electron chi connectivity index (χ2n) is 2.47. The van der Waals surface area contributed by atoms with Gasteiger partial charge in [-0.05, 0) is 18.2 Å². The van der Waals surface area contributed by atoms with Crippen molar-refractivity contribution in [3.63, 3.8) is 0 Å². The van der Waals surface area contributed by atoms with E-state index in [9.17, 15) is 14.0 Å². The van der Waals surface area contributed by atoms with Gasteiger partial charge in [-0.3, -0.25) is 9.59 Å². The number of halogens is 1. The van der Waals surface area contributed by atoms with E-state index in [0.717, 1.165) is 12.1 Å². The first-order chi connectivity index (χ1) is 6.17. The summed E-state index contributed by atoms with van der Waals surface area (Å²) >= 11 is 0. The summed E-state index contributed by atoms with van der Waals surface area (Å²) in [5.74, 6) is -1.01. The van der Waals surface area contributed by atoms with Gasteiger partial charge in [0.2, 0.25) is 0 Å². The average Bonchev–Trinajstić information content (AvgIpc) is 2.15. The van der Waals surface area contributed by atoms with Gasteiger partial charge in [-0.2, -0.15) is 0 Å². The van der Waals surface area contributed by atoms with Crippen molar-refractivity contribution in [2.45, 2.75) is 0 Å². The van der Waals surface area contributed by atoms with Gasteiger partial charge >= 0.3 is 0 Å². The van der Waals surface area contributed by atoms with Crippen molar-refractivity contribution in [3.8, 4) is 0 Å². The van der Waals surface area contributed by atoms with E-state index in [2.05, 4.69) is 5.32 Å². The molecule has 0 saturated carbocycles. The van der Waals surface area contributed by atoms with Gasteiger partial charge in [0.25, 0.3) is 5.91 Å². The highest BCUT2D eigenvalue weighted by Gasteiger charge is 2.06. The van der Waals surface area contributed by atoms with Crippen LogP contribution in [0.3, 0.4) is 0 Å². The number of carbonyl (C=O) groups excluding carboxylic acids is 2. The average molecular weight is 181 g/mol. The molecule has 0 aliphatic rings. The predicted molar refractivity (Wildman–Crippen MR) is 45.2 cm³/mol. The van der Waals surface area contributed by atoms with Crippen molar-refractivity contribution in [2.24, 2.45) is 0 Å². The third kappa shape index (κ3) is 2.11. The van der Waals surface area contributed by atoms with Crippen molar-refractivity contribution < 1.29 is 14.0 Å². The van der Waals surface area contributed by atoms with Crippen LogP contribution in [0.1, 0.15) is 20.7 Å². The van der Waals surface area contributed by atoms with E-state index in [1.54, 1.807) is 0 Å². The molecule has 4 heteroatoms. The van der Waals surface area contributed by atoms with E-state index >= 15 is 0 Å². The fraction of sp³-hybridized carbons (Fsp3) is 0.111. The highest BCUT2D eigenvalue weighted by molar-refractivity contribution is 5.95. The normalized spacial score (nSPS) is 9.38. The maximum atomic E-state index is 12.8. The SMILES string of the molecule is CNC(=O)c1cc(F)cc(C=O)c1. The lowest BCUT2D eigenvalue weighted by molar-refractivity contribution is 0.0962. The molecule has 68 valence electrons. The zero-order valence-electron chi connectivity index (χ0n) is 7.00. The van der Waals surface area contributed by atoms with Crippen LogP contribution in [0.2, 0.25) is 0 Å². The predicted octanol–water partition coefficient (Wildman–Crippen LogP) is 0.998. The summed E-state index contributed by atoms with van der Waals surface area (Å²) in [6.45, 7) is 0. The van der Waals surface area contributed by atoms with Crippen LogP contribution in [0.4, 0.5) is 4.39 Å². The Morgan fingerprint density at radius 1 is 1.46 bits per heavy atom. The van der Waals surface area contributed by atoms with Crippen molar-refractivity contribution in [1.29, 1.82) is 0 Å². The summed E-state index contributed by atoms with van der Waals surface area (Å²) in [4.78, 5) is 21.4. The number of aldehydes is 1. The molecule has 0 bridgehead atoms. The Morgan fingerprint density at radius 2 is 2.15 bits per heavy atom. The highest BCUT2D eigenvalue weighted by Crippen LogP contribution is 2.07. The topological polar surface area (TPSA) is 46.2 Å². The standard InChI is InChI=1S/C9H8FNO2/c1-11-9(13)7-2-6(5-12)3-8(10)4-7/h2-5H,1H3,(H,11,13). The molecule has 0 heterocycles. The van der Waals surface area contributed by atoms with Gasteiger partial charge in [-0.1, -0.05) is 0 Å². The number of hydrogen-bond acceptors (Lipinski definition) is 2. The Morgan fingerprint density at radius 3 is 2.69 bits per heavy atom. The van der Waals surface area contributed by atoms with E-state index < -0.39 is 11.7 Å². The van der Waals surface area contributed by atoms with Gasteiger partial charge < -0.3 is 5.32 Å². The number of hydrogen-bond donors (Lipinski definition) is 1. The van der Waals surface area contributed by atoms with Gasteiger partial charge in [0.15, 0.2) is 0 Å². The minimum absolute atomic E-state index is 0.143. The summed E-state index contributed by atoms with van der Waals surface area (Å²) in [6, 6.07) is 3.47. The van der Waals surface area contributed by atoms with Crippen LogP contribution in [0.15, 0.2) is 18.2 Å². The lowest BCUT2D eigenvalue weighted by Gasteiger charge is -2.00. The van der Waals surface area contributed by atoms with Crippen LogP contribution < -0.4 is 5.32 Å². The molecule has 0 atom stereocenters. The zero-order valence-corrected chi connectivity index (χ0v) is 7.00. The van der Waals surface area contributed by atoms with Crippen LogP contribution in [-0.2, 0) is 0 Å². The Balaban J connectivity index is 3.15. The molecular formula is C9H8FNO2. The smallest absolute Gasteiger partial charge is 0.251 e. The van der Waals surface area contributed by atoms with Crippen molar-refractivity contribution in [3.05, 3.63) is 35.1 Å². The van der Waals surface area contributed by atoms with Crippen molar-refractivity contribution in [1.82, 2.24) is 5.32 Å². The van der Waals surface area contributed by atoms with Crippen molar-refractivity contribution >= 4 is 12.2 Å². The highest BCUT2D eigenvalue weighted by atomic mass is 19.1. The number of carbonyl (C=O) groups is 2. The fourth-order valence-electron chi connectivity index (χ4n) is 0.956. The largest absolute Gasteiger partial charge is 0.355 e. The van der Waals surface area contributed by atoms with Crippen molar-refractivity contribution in [2.75, 3.05) is 7.05 Å². The van der Waals surface area contributed by atoms with E-state index in [4.69, 9.17) is 0 Å². The number of rotatable bonds is 2. The molecule has 0 spiro atoms. The summed E-state index contributed by atoms with van der Waals surface area (Å²) in [5, 5.41) is 2.34. The molecule has 0 aromatic heterocycles. The second-order valence-corrected chi connectivity index (χ2v) is 2.47. The molecule has 1 N–H and O–H groups in total. The van der Waals surface area contributed by atoms with E-state index in [-0.39, 0.29) is 11.1 Å². The van der Waals surface area contributed by atoms with E-state index in [1.807, 2.05) is 0 Å². The quantitative estimate of drug-likeness (QED) is 0.692. The second kappa shape index (κ2) is 3.80. The summed E-state index contributed by atoms with van der Waals surface area (Å²) in [7, 11) is 1.44. The van der Waals surface area contributed by atoms with E-state index in [1.165, 1.54) is 13.1 Å². The third-order valence-electron chi connectivity index (χ3n) is 1.55. The van der Waals surface area contributed by atoms with Crippen LogP contribution >= 0.6 is 0 Å². The van der Waals surface area contributed by atoms with Gasteiger partial charge in [0.1, 0.15) is 12.1 Å². The Labute approximate surface area is 74.6 Å². The van der Waals surface area contributed by atoms with Crippen LogP contribution in [0.25, 0.3) is 0 Å². The first-order valence-corrected chi connectivity index (χ1v) is 3.65. The van der Waals surface area contributed by atoms with E-state index in [0.29, 0.717) is 6.29 Å². The Hall–Kier alpha value is -1.71. The molecular weight excluding hydrogens is 173 g/mol. The molecule has 0 aliphatic carbocycles. The fourth-order valence-corrected chi connectivity index (χ4v) is 0.956. The summed E-state index contributed by atoms with van der Waals surface area (Å²) in [6.07, 6.45) is 0.496. The zero-order chi connectivity index (χ0) is 9.84. The molecule has 3 nitrogen and oxygen atoms in total. The lowest BCUT2D eigenvalue weighted by atomic mass is 10.1. The number of amides is 1. The molecule has 0 fully saturated rings. The minimum atomic E-state index is -0.594. The van der Waals surface area contributed by atoms with Crippen LogP contribution in [0, 0.1) is 5.82 Å². The monoisotopic (exact) mass is 181 g/mol. The molecule has 1 rings (SSSR count). The molecule has 1 aromatic carbocycles. The van der Waals surface area contributed by atoms with Crippen LogP contribution in [0.5, 0.6) is 0 Å². The van der Waals surface area contributed by atoms with Crippen LogP contribution in [-0.4, -0.2) is 19.2 Å². The van der Waals surface area contributed by atoms with Gasteiger partial charge in [0.05, 0.1) is 0 Å². The maximum Gasteiger partial charge on any atom is 0.251 e. The molecule has 1 amide bonds. The molecule has 0 unspecified atom stereocenters. The maximum absolute atomic E-state index is 12.8. The molecule has 1 aromatic rings. The Bertz CT molecular complexity index is 349. The lowest BCUT2D eigenvalue weighted by Crippen LogP contribution is -2.18. The summed E-state index contributed by atoms with van der Waals surface area (Å²) < 4.78 is 12.8. The van der Waals surface area contributed by atoms with Gasteiger partial charge in [0, 0.05) is 18.2 Å². The molecule has 0 aliphatic heterocycles. The van der Waals surface area contributed by atoms with Gasteiger partial charge in [-0.15, -0.1) is 0 Å². The minimum Gasteiger partial charge on any atom is -0.355 e. The molecule has 0 saturated heterocycles. The van der Waals surface area contributed by atoms with Gasteiger partial charge in [-0.25, -0.2) is 4.39 Å².